The molecule has 242 valence electrons. The Hall–Kier alpha value is -3.10. The van der Waals surface area contributed by atoms with Gasteiger partial charge in [-0.1, -0.05) is 29.8 Å². The van der Waals surface area contributed by atoms with E-state index >= 15 is 0 Å². The molecule has 3 N–H and O–H groups in total. The van der Waals surface area contributed by atoms with Gasteiger partial charge in [0.2, 0.25) is 10.0 Å². The van der Waals surface area contributed by atoms with E-state index in [-0.39, 0.29) is 36.5 Å². The number of aryl methyl sites for hydroxylation is 1. The highest BCUT2D eigenvalue weighted by Gasteiger charge is 2.47. The summed E-state index contributed by atoms with van der Waals surface area (Å²) in [6.45, 7) is 9.45. The van der Waals surface area contributed by atoms with Crippen molar-refractivity contribution in [2.24, 2.45) is 0 Å². The topological polar surface area (TPSA) is 155 Å². The van der Waals surface area contributed by atoms with Crippen LogP contribution in [0.2, 0.25) is 0 Å². The molecule has 4 atom stereocenters. The molecule has 12 nitrogen and oxygen atoms in total. The van der Waals surface area contributed by atoms with Gasteiger partial charge in [0.05, 0.1) is 17.0 Å². The number of benzene rings is 1. The number of carbonyl (C=O) groups is 3. The number of nitrogens with zero attached hydrogens (tertiary/aromatic N) is 2. The molecule has 0 saturated carbocycles. The van der Waals surface area contributed by atoms with Gasteiger partial charge in [-0.25, -0.2) is 13.2 Å². The van der Waals surface area contributed by atoms with Crippen molar-refractivity contribution in [1.82, 2.24) is 19.8 Å². The van der Waals surface area contributed by atoms with E-state index in [1.165, 1.54) is 18.2 Å². The van der Waals surface area contributed by atoms with Crippen LogP contribution in [-0.2, 0) is 29.1 Å². The van der Waals surface area contributed by atoms with Crippen LogP contribution < -0.4 is 10.0 Å². The summed E-state index contributed by atoms with van der Waals surface area (Å²) < 4.78 is 40.4. The van der Waals surface area contributed by atoms with Gasteiger partial charge >= 0.3 is 12.1 Å². The third-order valence-electron chi connectivity index (χ3n) is 7.87. The maximum Gasteiger partial charge on any atom is 0.411 e. The van der Waals surface area contributed by atoms with Crippen LogP contribution in [0.25, 0.3) is 0 Å². The van der Waals surface area contributed by atoms with E-state index in [4.69, 9.17) is 9.47 Å². The highest BCUT2D eigenvalue weighted by atomic mass is 32.2. The molecule has 1 aromatic rings. The fourth-order valence-electron chi connectivity index (χ4n) is 5.30. The van der Waals surface area contributed by atoms with Crippen molar-refractivity contribution in [1.29, 1.82) is 0 Å². The Morgan fingerprint density at radius 1 is 1.14 bits per heavy atom. The summed E-state index contributed by atoms with van der Waals surface area (Å²) >= 11 is 0. The summed E-state index contributed by atoms with van der Waals surface area (Å²) in [5.74, 6) is -1.13. The molecule has 3 aliphatic rings. The third-order valence-corrected chi connectivity index (χ3v) is 9.35. The van der Waals surface area contributed by atoms with Crippen LogP contribution in [0, 0.1) is 6.92 Å². The van der Waals surface area contributed by atoms with Crippen molar-refractivity contribution in [3.8, 4) is 0 Å². The van der Waals surface area contributed by atoms with Crippen molar-refractivity contribution in [2.75, 3.05) is 39.8 Å². The molecule has 2 aliphatic heterocycles. The maximum atomic E-state index is 13.8. The number of ether oxygens (including phenoxy) is 2. The molecule has 0 radical (unpaired) electrons. The Labute approximate surface area is 259 Å². The molecule has 2 fully saturated rings. The maximum absolute atomic E-state index is 13.8. The van der Waals surface area contributed by atoms with Gasteiger partial charge < -0.3 is 29.7 Å². The number of piperazine rings is 1. The second kappa shape index (κ2) is 13.5. The number of esters is 1. The molecule has 0 bridgehead atoms. The number of carbonyl (C=O) groups excluding carboxylic acids is 3. The van der Waals surface area contributed by atoms with E-state index in [1.54, 1.807) is 50.0 Å². The molecule has 1 aromatic carbocycles. The second-order valence-electron chi connectivity index (χ2n) is 12.8. The number of aliphatic hydroxyl groups is 1. The normalized spacial score (nSPS) is 25.3. The number of Topliss-reactive ketones (excluding diaryl/α,β-unsaturated/α-hetero) is 1. The number of allylic oxidation sites excluding steroid dienone is 1. The summed E-state index contributed by atoms with van der Waals surface area (Å²) in [7, 11) is -2.11. The lowest BCUT2D eigenvalue weighted by molar-refractivity contribution is -0.156. The summed E-state index contributed by atoms with van der Waals surface area (Å²) in [4.78, 5) is 43.9. The van der Waals surface area contributed by atoms with Crippen LogP contribution in [-0.4, -0.2) is 110 Å². The number of amides is 1. The summed E-state index contributed by atoms with van der Waals surface area (Å²) in [6, 6.07) is 4.29. The van der Waals surface area contributed by atoms with E-state index in [9.17, 15) is 27.9 Å². The highest BCUT2D eigenvalue weighted by Crippen LogP contribution is 2.32. The predicted molar refractivity (Wildman–Crippen MR) is 163 cm³/mol. The molecule has 44 heavy (non-hydrogen) atoms. The lowest BCUT2D eigenvalue weighted by Crippen LogP contribution is -2.54. The molecule has 1 unspecified atom stereocenters. The molecular weight excluding hydrogens is 588 g/mol. The zero-order valence-corrected chi connectivity index (χ0v) is 26.9. The average molecular weight is 633 g/mol. The molecule has 2 heterocycles. The van der Waals surface area contributed by atoms with Crippen LogP contribution in [0.4, 0.5) is 4.79 Å². The van der Waals surface area contributed by atoms with Gasteiger partial charge in [0.1, 0.15) is 11.6 Å². The molecule has 0 spiro atoms. The number of ketones is 1. The lowest BCUT2D eigenvalue weighted by atomic mass is 9.83. The van der Waals surface area contributed by atoms with Crippen molar-refractivity contribution in [3.63, 3.8) is 0 Å². The number of nitrogens with one attached hydrogen (secondary N) is 2. The largest absolute Gasteiger partial charge is 0.459 e. The quantitative estimate of drug-likeness (QED) is 0.343. The van der Waals surface area contributed by atoms with Crippen molar-refractivity contribution in [2.45, 2.75) is 81.2 Å². The molecule has 4 rings (SSSR count). The second-order valence-corrected chi connectivity index (χ2v) is 14.5. The molecule has 2 saturated heterocycles. The summed E-state index contributed by atoms with van der Waals surface area (Å²) in [5, 5.41) is 13.0. The molecular formula is C31H44N4O8S. The third kappa shape index (κ3) is 8.54. The summed E-state index contributed by atoms with van der Waals surface area (Å²) in [6.07, 6.45) is 3.59. The zero-order chi connectivity index (χ0) is 32.3. The smallest absolute Gasteiger partial charge is 0.411 e. The van der Waals surface area contributed by atoms with Gasteiger partial charge in [-0.15, -0.1) is 0 Å². The first-order chi connectivity index (χ1) is 20.6. The Morgan fingerprint density at radius 3 is 2.34 bits per heavy atom. The van der Waals surface area contributed by atoms with Gasteiger partial charge in [-0.2, -0.15) is 4.72 Å². The first-order valence-corrected chi connectivity index (χ1v) is 16.4. The van der Waals surface area contributed by atoms with Crippen LogP contribution in [0.5, 0.6) is 0 Å². The van der Waals surface area contributed by atoms with Crippen molar-refractivity contribution < 1.29 is 37.4 Å². The molecule has 1 aliphatic carbocycles. The standard InChI is InChI=1S/C31H44N4O8S/c1-21-6-8-24(9-7-21)44(40,41)33-26(28(38)42-30(2,3)4)18-22-10-12-31(13-11-22,27(37)25-19-23(36)20-32-25)43-29(39)35-16-14-34(5)15-17-35/h6-12,23,25-26,32-33,36H,13-20H2,1-5H3/t23-,25+,26+,31?/m1/s1. The van der Waals surface area contributed by atoms with E-state index < -0.39 is 51.5 Å². The Bertz CT molecular complexity index is 1390. The first kappa shape index (κ1) is 33.8. The molecule has 13 heteroatoms. The SMILES string of the molecule is Cc1ccc(S(=O)(=O)N[C@@H](CC2=CCC(OC(=O)N3CCN(C)CC3)(C(=O)[C@@H]3C[C@@H](O)CN3)C=C2)C(=O)OC(C)(C)C)cc1. The van der Waals surface area contributed by atoms with Gasteiger partial charge in [0.15, 0.2) is 11.4 Å². The first-order valence-electron chi connectivity index (χ1n) is 14.9. The number of hydrogen-bond acceptors (Lipinski definition) is 10. The number of aliphatic hydroxyl groups excluding tert-OH is 1. The Kier molecular flexibility index (Phi) is 10.4. The number of likely N-dealkylation sites (N-methyl/N-ethyl adjacent to an activating group) is 1. The van der Waals surface area contributed by atoms with Crippen molar-refractivity contribution >= 4 is 27.9 Å². The number of β-amino-alcohol motifs (C(OH)–C–C–N with tert-alkyl or cyclic N) is 1. The van der Waals surface area contributed by atoms with E-state index in [2.05, 4.69) is 14.9 Å². The Morgan fingerprint density at radius 2 is 1.80 bits per heavy atom. The van der Waals surface area contributed by atoms with Crippen LogP contribution in [0.3, 0.4) is 0 Å². The van der Waals surface area contributed by atoms with Crippen molar-refractivity contribution in [3.05, 3.63) is 53.6 Å². The van der Waals surface area contributed by atoms with Gasteiger partial charge in [0, 0.05) is 39.1 Å². The minimum atomic E-state index is -4.08. The molecule has 0 aromatic heterocycles. The van der Waals surface area contributed by atoms with Gasteiger partial charge in [-0.05, 0) is 71.4 Å². The number of sulfonamides is 1. The van der Waals surface area contributed by atoms with E-state index in [1.807, 2.05) is 14.0 Å². The average Bonchev–Trinajstić information content (AvgIpc) is 3.39. The lowest BCUT2D eigenvalue weighted by Gasteiger charge is -2.37. The minimum absolute atomic E-state index is 0.0107. The highest BCUT2D eigenvalue weighted by molar-refractivity contribution is 7.89. The van der Waals surface area contributed by atoms with Crippen LogP contribution >= 0.6 is 0 Å². The Balaban J connectivity index is 1.56. The van der Waals surface area contributed by atoms with E-state index in [0.29, 0.717) is 31.8 Å². The fourth-order valence-corrected chi connectivity index (χ4v) is 6.48. The molecule has 1 amide bonds. The number of hydrogen-bond donors (Lipinski definition) is 3. The van der Waals surface area contributed by atoms with E-state index in [0.717, 1.165) is 5.56 Å². The predicted octanol–water partition coefficient (Wildman–Crippen LogP) is 1.67. The van der Waals surface area contributed by atoms with Gasteiger partial charge in [-0.3, -0.25) is 9.59 Å². The fraction of sp³-hybridized carbons (Fsp3) is 0.581. The summed E-state index contributed by atoms with van der Waals surface area (Å²) in [5.41, 5.74) is -1.04. The van der Waals surface area contributed by atoms with Crippen LogP contribution in [0.1, 0.15) is 45.6 Å². The zero-order valence-electron chi connectivity index (χ0n) is 26.0. The number of rotatable bonds is 9. The minimum Gasteiger partial charge on any atom is -0.459 e. The van der Waals surface area contributed by atoms with Crippen LogP contribution in [0.15, 0.2) is 53.0 Å². The monoisotopic (exact) mass is 632 g/mol. The van der Waals surface area contributed by atoms with Gasteiger partial charge in [0.25, 0.3) is 0 Å².